The summed E-state index contributed by atoms with van der Waals surface area (Å²) in [4.78, 5) is 0. The molecule has 0 radical (unpaired) electrons. The third-order valence-electron chi connectivity index (χ3n) is 5.34. The van der Waals surface area contributed by atoms with Gasteiger partial charge < -0.3 is 9.84 Å². The smallest absolute Gasteiger partial charge is 0.134 e. The maximum absolute atomic E-state index is 9.77. The van der Waals surface area contributed by atoms with Crippen LogP contribution in [0.2, 0.25) is 0 Å². The van der Waals surface area contributed by atoms with Gasteiger partial charge in [0.1, 0.15) is 11.4 Å². The van der Waals surface area contributed by atoms with Crippen LogP contribution in [0.4, 0.5) is 0 Å². The van der Waals surface area contributed by atoms with E-state index in [1.54, 1.807) is 21.0 Å². The molecule has 1 aromatic carbocycles. The largest absolute Gasteiger partial charge is 0.495 e. The van der Waals surface area contributed by atoms with Crippen LogP contribution >= 0.6 is 0 Å². The average Bonchev–Trinajstić information content (AvgIpc) is 2.69. The van der Waals surface area contributed by atoms with E-state index in [1.807, 2.05) is 6.07 Å². The Hall–Kier alpha value is -1.46. The van der Waals surface area contributed by atoms with E-state index in [1.165, 1.54) is 89.0 Å². The normalized spacial score (nSPS) is 11.2. The summed E-state index contributed by atoms with van der Waals surface area (Å²) >= 11 is 0. The van der Waals surface area contributed by atoms with E-state index >= 15 is 0 Å². The Balaban J connectivity index is 2.15. The number of ether oxygens (including phenoxy) is 1. The number of methoxy groups -OCH3 is 1. The second-order valence-electron chi connectivity index (χ2n) is 8.84. The summed E-state index contributed by atoms with van der Waals surface area (Å²) in [5.74, 6) is 6.68. The molecule has 0 fully saturated rings. The standard InChI is InChI=1S/C27H44O2/c1-5-6-7-8-9-10-11-12-13-14-15-16-17-18-24-19-20-25(26(23-24)29-4)21-22-27(2,3)28/h19-20,23,28H,5-18H2,1-4H3. The summed E-state index contributed by atoms with van der Waals surface area (Å²) in [5, 5.41) is 9.77. The lowest BCUT2D eigenvalue weighted by Crippen LogP contribution is -2.14. The molecule has 1 aromatic rings. The van der Waals surface area contributed by atoms with Crippen molar-refractivity contribution in [1.29, 1.82) is 0 Å². The lowest BCUT2D eigenvalue weighted by molar-refractivity contribution is 0.143. The number of aryl methyl sites for hydroxylation is 1. The fraction of sp³-hybridized carbons (Fsp3) is 0.704. The van der Waals surface area contributed by atoms with Crippen molar-refractivity contribution in [2.45, 2.75) is 116 Å². The molecular weight excluding hydrogens is 356 g/mol. The lowest BCUT2D eigenvalue weighted by Gasteiger charge is -2.09. The average molecular weight is 401 g/mol. The van der Waals surface area contributed by atoms with E-state index in [0.29, 0.717) is 0 Å². The van der Waals surface area contributed by atoms with Gasteiger partial charge in [-0.3, -0.25) is 0 Å². The lowest BCUT2D eigenvalue weighted by atomic mass is 10.0. The second kappa shape index (κ2) is 15.4. The van der Waals surface area contributed by atoms with Crippen LogP contribution in [0.15, 0.2) is 18.2 Å². The van der Waals surface area contributed by atoms with Crippen LogP contribution < -0.4 is 4.74 Å². The first kappa shape index (κ1) is 25.6. The molecule has 0 heterocycles. The molecule has 0 spiro atoms. The molecule has 0 unspecified atom stereocenters. The van der Waals surface area contributed by atoms with Crippen molar-refractivity contribution in [3.63, 3.8) is 0 Å². The zero-order chi connectivity index (χ0) is 21.4. The van der Waals surface area contributed by atoms with Gasteiger partial charge in [0.25, 0.3) is 0 Å². The fourth-order valence-electron chi connectivity index (χ4n) is 3.56. The Bertz CT molecular complexity index is 601. The van der Waals surface area contributed by atoms with Gasteiger partial charge in [0.2, 0.25) is 0 Å². The van der Waals surface area contributed by atoms with Crippen molar-refractivity contribution in [1.82, 2.24) is 0 Å². The predicted molar refractivity (Wildman–Crippen MR) is 126 cm³/mol. The maximum Gasteiger partial charge on any atom is 0.134 e. The molecule has 0 bridgehead atoms. The third-order valence-corrected chi connectivity index (χ3v) is 5.34. The molecule has 164 valence electrons. The molecule has 0 saturated heterocycles. The number of unbranched alkanes of at least 4 members (excludes halogenated alkanes) is 12. The highest BCUT2D eigenvalue weighted by Gasteiger charge is 2.07. The molecule has 29 heavy (non-hydrogen) atoms. The summed E-state index contributed by atoms with van der Waals surface area (Å²) in [5.41, 5.74) is 1.15. The quantitative estimate of drug-likeness (QED) is 0.245. The minimum atomic E-state index is -0.988. The van der Waals surface area contributed by atoms with Crippen LogP contribution in [0, 0.1) is 11.8 Å². The first-order valence-corrected chi connectivity index (χ1v) is 11.9. The van der Waals surface area contributed by atoms with Crippen LogP contribution in [-0.2, 0) is 6.42 Å². The monoisotopic (exact) mass is 400 g/mol. The summed E-state index contributed by atoms with van der Waals surface area (Å²) < 4.78 is 5.49. The minimum absolute atomic E-state index is 0.800. The van der Waals surface area contributed by atoms with E-state index in [4.69, 9.17) is 4.74 Å². The van der Waals surface area contributed by atoms with Gasteiger partial charge in [-0.15, -0.1) is 0 Å². The van der Waals surface area contributed by atoms with Crippen LogP contribution in [0.3, 0.4) is 0 Å². The third kappa shape index (κ3) is 13.4. The van der Waals surface area contributed by atoms with Gasteiger partial charge in [-0.05, 0) is 44.4 Å². The first-order valence-electron chi connectivity index (χ1n) is 11.9. The van der Waals surface area contributed by atoms with Gasteiger partial charge in [0.05, 0.1) is 12.7 Å². The highest BCUT2D eigenvalue weighted by Crippen LogP contribution is 2.21. The number of benzene rings is 1. The predicted octanol–water partition coefficient (Wildman–Crippen LogP) is 7.45. The zero-order valence-electron chi connectivity index (χ0n) is 19.5. The van der Waals surface area contributed by atoms with E-state index in [9.17, 15) is 5.11 Å². The molecule has 0 aliphatic heterocycles. The molecule has 0 aliphatic carbocycles. The topological polar surface area (TPSA) is 29.5 Å². The highest BCUT2D eigenvalue weighted by molar-refractivity contribution is 5.48. The van der Waals surface area contributed by atoms with Gasteiger partial charge in [-0.25, -0.2) is 0 Å². The van der Waals surface area contributed by atoms with Crippen LogP contribution in [0.25, 0.3) is 0 Å². The summed E-state index contributed by atoms with van der Waals surface area (Å²) in [6.45, 7) is 5.66. The van der Waals surface area contributed by atoms with Crippen LogP contribution in [0.1, 0.15) is 115 Å². The van der Waals surface area contributed by atoms with Gasteiger partial charge in [-0.2, -0.15) is 0 Å². The summed E-state index contributed by atoms with van der Waals surface area (Å²) in [6, 6.07) is 6.24. The zero-order valence-corrected chi connectivity index (χ0v) is 19.5. The molecular formula is C27H44O2. The van der Waals surface area contributed by atoms with Crippen molar-refractivity contribution >= 4 is 0 Å². The molecule has 1 rings (SSSR count). The van der Waals surface area contributed by atoms with Crippen molar-refractivity contribution in [3.05, 3.63) is 29.3 Å². The Morgan fingerprint density at radius 3 is 1.83 bits per heavy atom. The van der Waals surface area contributed by atoms with Gasteiger partial charge in [-0.1, -0.05) is 102 Å². The Morgan fingerprint density at radius 1 is 0.828 bits per heavy atom. The summed E-state index contributed by atoms with van der Waals surface area (Å²) in [7, 11) is 1.68. The number of rotatable bonds is 15. The van der Waals surface area contributed by atoms with Crippen LogP contribution in [0.5, 0.6) is 5.75 Å². The molecule has 0 amide bonds. The van der Waals surface area contributed by atoms with Crippen molar-refractivity contribution < 1.29 is 9.84 Å². The maximum atomic E-state index is 9.77. The van der Waals surface area contributed by atoms with E-state index in [2.05, 4.69) is 30.9 Å². The Kier molecular flexibility index (Phi) is 13.6. The number of hydrogen-bond donors (Lipinski definition) is 1. The number of aliphatic hydroxyl groups is 1. The van der Waals surface area contributed by atoms with Gasteiger partial charge >= 0.3 is 0 Å². The highest BCUT2D eigenvalue weighted by atomic mass is 16.5. The van der Waals surface area contributed by atoms with E-state index in [-0.39, 0.29) is 0 Å². The van der Waals surface area contributed by atoms with Crippen molar-refractivity contribution in [3.8, 4) is 17.6 Å². The van der Waals surface area contributed by atoms with Crippen molar-refractivity contribution in [2.24, 2.45) is 0 Å². The molecule has 1 N–H and O–H groups in total. The molecule has 0 aliphatic rings. The van der Waals surface area contributed by atoms with E-state index < -0.39 is 5.60 Å². The van der Waals surface area contributed by atoms with Crippen LogP contribution in [-0.4, -0.2) is 17.8 Å². The first-order chi connectivity index (χ1) is 14.0. The SMILES string of the molecule is CCCCCCCCCCCCCCCc1ccc(C#CC(C)(C)O)c(OC)c1. The fourth-order valence-corrected chi connectivity index (χ4v) is 3.56. The molecule has 0 atom stereocenters. The van der Waals surface area contributed by atoms with Gasteiger partial charge in [0.15, 0.2) is 0 Å². The van der Waals surface area contributed by atoms with Crippen molar-refractivity contribution in [2.75, 3.05) is 7.11 Å². The molecule has 2 heteroatoms. The molecule has 2 nitrogen and oxygen atoms in total. The summed E-state index contributed by atoms with van der Waals surface area (Å²) in [6.07, 6.45) is 19.1. The van der Waals surface area contributed by atoms with Gasteiger partial charge in [0, 0.05) is 0 Å². The Morgan fingerprint density at radius 2 is 1.34 bits per heavy atom. The Labute approximate surface area is 180 Å². The molecule has 0 saturated carbocycles. The minimum Gasteiger partial charge on any atom is -0.495 e. The number of hydrogen-bond acceptors (Lipinski definition) is 2. The second-order valence-corrected chi connectivity index (χ2v) is 8.84. The van der Waals surface area contributed by atoms with E-state index in [0.717, 1.165) is 17.7 Å². The molecule has 0 aromatic heterocycles.